The second kappa shape index (κ2) is 8.62. The molecule has 0 saturated carbocycles. The summed E-state index contributed by atoms with van der Waals surface area (Å²) in [7, 11) is -3.65. The van der Waals surface area contributed by atoms with Crippen molar-refractivity contribution in [1.29, 1.82) is 0 Å². The molecule has 2 heterocycles. The third-order valence-electron chi connectivity index (χ3n) is 5.34. The lowest BCUT2D eigenvalue weighted by atomic mass is 10.0. The monoisotopic (exact) mass is 427 g/mol. The maximum absolute atomic E-state index is 12.9. The van der Waals surface area contributed by atoms with Crippen LogP contribution in [-0.2, 0) is 19.7 Å². The minimum atomic E-state index is -3.65. The third-order valence-corrected chi connectivity index (χ3v) is 6.97. The van der Waals surface area contributed by atoms with Gasteiger partial charge in [-0.3, -0.25) is 0 Å². The molecule has 1 unspecified atom stereocenters. The predicted molar refractivity (Wildman–Crippen MR) is 110 cm³/mol. The fourth-order valence-electron chi connectivity index (χ4n) is 3.78. The summed E-state index contributed by atoms with van der Waals surface area (Å²) < 4.78 is 41.3. The number of piperidine rings is 1. The summed E-state index contributed by atoms with van der Waals surface area (Å²) in [6, 6.07) is 13.4. The highest BCUT2D eigenvalue weighted by Gasteiger charge is 2.42. The van der Waals surface area contributed by atoms with Crippen molar-refractivity contribution >= 4 is 33.4 Å². The van der Waals surface area contributed by atoms with Gasteiger partial charge in [0.05, 0.1) is 19.3 Å². The number of rotatable bonds is 5. The largest absolute Gasteiger partial charge is 0.347 e. The highest BCUT2D eigenvalue weighted by atomic mass is 35.5. The third kappa shape index (κ3) is 4.33. The van der Waals surface area contributed by atoms with Crippen LogP contribution < -0.4 is 10.5 Å². The van der Waals surface area contributed by atoms with E-state index in [1.54, 1.807) is 0 Å². The van der Waals surface area contributed by atoms with Crippen molar-refractivity contribution in [3.63, 3.8) is 0 Å². The Morgan fingerprint density at radius 1 is 1.07 bits per heavy atom. The van der Waals surface area contributed by atoms with Crippen LogP contribution in [0.25, 0.3) is 10.8 Å². The van der Waals surface area contributed by atoms with Gasteiger partial charge in [-0.25, -0.2) is 0 Å². The Labute approximate surface area is 171 Å². The fraction of sp³-hybridized carbons (Fsp3) is 0.474. The van der Waals surface area contributed by atoms with Crippen LogP contribution >= 0.6 is 12.4 Å². The van der Waals surface area contributed by atoms with Crippen LogP contribution in [-0.4, -0.2) is 51.4 Å². The second-order valence-electron chi connectivity index (χ2n) is 7.02. The van der Waals surface area contributed by atoms with E-state index in [9.17, 15) is 8.42 Å². The van der Waals surface area contributed by atoms with Gasteiger partial charge in [-0.05, 0) is 22.4 Å². The normalized spacial score (nSPS) is 20.9. The lowest BCUT2D eigenvalue weighted by Gasteiger charge is -2.37. The molecule has 9 heteroatoms. The Hall–Kier alpha value is -1.26. The SMILES string of the molecule is Cl.NCC(NS(=O)(=O)N1CCC2(CC1)OCCO2)c1ccc2ccccc2c1. The zero-order valence-electron chi connectivity index (χ0n) is 15.5. The van der Waals surface area contributed by atoms with E-state index in [1.165, 1.54) is 4.31 Å². The van der Waals surface area contributed by atoms with Crippen LogP contribution in [0.2, 0.25) is 0 Å². The van der Waals surface area contributed by atoms with E-state index in [0.29, 0.717) is 39.1 Å². The molecule has 2 fully saturated rings. The van der Waals surface area contributed by atoms with E-state index in [2.05, 4.69) is 4.72 Å². The molecule has 0 aromatic heterocycles. The number of halogens is 1. The van der Waals surface area contributed by atoms with Gasteiger partial charge in [0.2, 0.25) is 0 Å². The van der Waals surface area contributed by atoms with Crippen molar-refractivity contribution in [1.82, 2.24) is 9.03 Å². The first-order valence-electron chi connectivity index (χ1n) is 9.25. The van der Waals surface area contributed by atoms with Crippen LogP contribution in [0, 0.1) is 0 Å². The van der Waals surface area contributed by atoms with Gasteiger partial charge in [0.25, 0.3) is 10.2 Å². The minimum absolute atomic E-state index is 0. The Balaban J connectivity index is 0.00000225. The van der Waals surface area contributed by atoms with Crippen LogP contribution in [0.5, 0.6) is 0 Å². The number of benzene rings is 2. The molecule has 1 atom stereocenters. The van der Waals surface area contributed by atoms with Crippen molar-refractivity contribution in [3.8, 4) is 0 Å². The van der Waals surface area contributed by atoms with E-state index in [0.717, 1.165) is 16.3 Å². The molecule has 0 aliphatic carbocycles. The molecule has 2 aliphatic rings. The topological polar surface area (TPSA) is 93.9 Å². The predicted octanol–water partition coefficient (Wildman–Crippen LogP) is 1.93. The summed E-state index contributed by atoms with van der Waals surface area (Å²) in [5.74, 6) is -0.600. The first-order chi connectivity index (χ1) is 13.0. The van der Waals surface area contributed by atoms with Gasteiger partial charge in [-0.2, -0.15) is 17.4 Å². The van der Waals surface area contributed by atoms with Crippen molar-refractivity contribution < 1.29 is 17.9 Å². The summed E-state index contributed by atoms with van der Waals surface area (Å²) >= 11 is 0. The molecule has 0 bridgehead atoms. The van der Waals surface area contributed by atoms with Gasteiger partial charge in [0.1, 0.15) is 0 Å². The van der Waals surface area contributed by atoms with Gasteiger partial charge < -0.3 is 15.2 Å². The molecule has 28 heavy (non-hydrogen) atoms. The van der Waals surface area contributed by atoms with Crippen molar-refractivity contribution in [2.24, 2.45) is 5.73 Å². The zero-order valence-corrected chi connectivity index (χ0v) is 17.2. The summed E-state index contributed by atoms with van der Waals surface area (Å²) in [5.41, 5.74) is 6.75. The maximum atomic E-state index is 12.9. The molecular weight excluding hydrogens is 402 g/mol. The summed E-state index contributed by atoms with van der Waals surface area (Å²) in [4.78, 5) is 0. The van der Waals surface area contributed by atoms with E-state index >= 15 is 0 Å². The summed E-state index contributed by atoms with van der Waals surface area (Å²) in [6.07, 6.45) is 1.08. The smallest absolute Gasteiger partial charge is 0.280 e. The molecule has 0 amide bonds. The van der Waals surface area contributed by atoms with Gasteiger partial charge in [0, 0.05) is 32.5 Å². The second-order valence-corrected chi connectivity index (χ2v) is 8.73. The molecule has 4 rings (SSSR count). The fourth-order valence-corrected chi connectivity index (χ4v) is 5.19. The molecule has 2 aromatic carbocycles. The molecule has 2 aromatic rings. The summed E-state index contributed by atoms with van der Waals surface area (Å²) in [6.45, 7) is 2.06. The lowest BCUT2D eigenvalue weighted by molar-refractivity contribution is -0.179. The number of hydrogen-bond donors (Lipinski definition) is 2. The Kier molecular flexibility index (Phi) is 6.61. The van der Waals surface area contributed by atoms with Crippen LogP contribution in [0.3, 0.4) is 0 Å². The average molecular weight is 428 g/mol. The molecule has 7 nitrogen and oxygen atoms in total. The number of ether oxygens (including phenoxy) is 2. The van der Waals surface area contributed by atoms with Gasteiger partial charge >= 0.3 is 0 Å². The van der Waals surface area contributed by atoms with E-state index in [-0.39, 0.29) is 19.0 Å². The minimum Gasteiger partial charge on any atom is -0.347 e. The zero-order chi connectivity index (χ0) is 18.9. The number of hydrogen-bond acceptors (Lipinski definition) is 5. The number of nitrogens with two attached hydrogens (primary N) is 1. The highest BCUT2D eigenvalue weighted by molar-refractivity contribution is 7.87. The number of fused-ring (bicyclic) bond motifs is 1. The number of nitrogens with zero attached hydrogens (tertiary/aromatic N) is 1. The Bertz CT molecular complexity index is 908. The number of nitrogens with one attached hydrogen (secondary N) is 1. The Morgan fingerprint density at radius 3 is 2.36 bits per heavy atom. The molecule has 0 radical (unpaired) electrons. The Morgan fingerprint density at radius 2 is 1.71 bits per heavy atom. The molecule has 2 saturated heterocycles. The van der Waals surface area contributed by atoms with Gasteiger partial charge in [0.15, 0.2) is 5.79 Å². The van der Waals surface area contributed by atoms with E-state index in [1.807, 2.05) is 42.5 Å². The van der Waals surface area contributed by atoms with Crippen LogP contribution in [0.4, 0.5) is 0 Å². The van der Waals surface area contributed by atoms with Gasteiger partial charge in [-0.15, -0.1) is 12.4 Å². The molecule has 2 aliphatic heterocycles. The standard InChI is InChI=1S/C19H25N3O4S.ClH/c20-14-18(17-6-5-15-3-1-2-4-16(15)13-17)21-27(23,24)22-9-7-19(8-10-22)25-11-12-26-19;/h1-6,13,18,21H,7-12,14,20H2;1H. The molecule has 1 spiro atoms. The first-order valence-corrected chi connectivity index (χ1v) is 10.7. The molecular formula is C19H26ClN3O4S. The van der Waals surface area contributed by atoms with Crippen molar-refractivity contribution in [3.05, 3.63) is 48.0 Å². The average Bonchev–Trinajstić information content (AvgIpc) is 3.14. The van der Waals surface area contributed by atoms with Crippen LogP contribution in [0.15, 0.2) is 42.5 Å². The first kappa shape index (κ1) is 21.4. The molecule has 154 valence electrons. The van der Waals surface area contributed by atoms with Crippen molar-refractivity contribution in [2.45, 2.75) is 24.7 Å². The summed E-state index contributed by atoms with van der Waals surface area (Å²) in [5, 5.41) is 2.17. The quantitative estimate of drug-likeness (QED) is 0.760. The highest BCUT2D eigenvalue weighted by Crippen LogP contribution is 2.32. The van der Waals surface area contributed by atoms with E-state index < -0.39 is 22.0 Å². The van der Waals surface area contributed by atoms with Crippen molar-refractivity contribution in [2.75, 3.05) is 32.8 Å². The van der Waals surface area contributed by atoms with Crippen LogP contribution in [0.1, 0.15) is 24.4 Å². The maximum Gasteiger partial charge on any atom is 0.280 e. The molecule has 3 N–H and O–H groups in total. The lowest BCUT2D eigenvalue weighted by Crippen LogP contribution is -2.51. The van der Waals surface area contributed by atoms with Gasteiger partial charge in [-0.1, -0.05) is 36.4 Å². The van der Waals surface area contributed by atoms with E-state index in [4.69, 9.17) is 15.2 Å².